The van der Waals surface area contributed by atoms with Gasteiger partial charge in [0.15, 0.2) is 11.3 Å². The van der Waals surface area contributed by atoms with Gasteiger partial charge in [0.05, 0.1) is 18.8 Å². The maximum absolute atomic E-state index is 14.3. The number of hydrogen-bond donors (Lipinski definition) is 1. The van der Waals surface area contributed by atoms with Gasteiger partial charge in [-0.05, 0) is 42.2 Å². The monoisotopic (exact) mass is 390 g/mol. The molecule has 0 unspecified atom stereocenters. The van der Waals surface area contributed by atoms with Gasteiger partial charge in [-0.3, -0.25) is 0 Å². The number of halogens is 2. The van der Waals surface area contributed by atoms with Gasteiger partial charge in [0.25, 0.3) is 0 Å². The van der Waals surface area contributed by atoms with E-state index in [4.69, 9.17) is 0 Å². The highest BCUT2D eigenvalue weighted by Gasteiger charge is 2.36. The third kappa shape index (κ3) is 3.12. The Bertz CT molecular complexity index is 1030. The van der Waals surface area contributed by atoms with Crippen LogP contribution in [0.3, 0.4) is 0 Å². The van der Waals surface area contributed by atoms with Gasteiger partial charge in [0.2, 0.25) is 0 Å². The molecular weight excluding hydrogens is 374 g/mol. The average Bonchev–Trinajstić information content (AvgIpc) is 3.24. The fourth-order valence-corrected chi connectivity index (χ4v) is 4.10. The van der Waals surface area contributed by atoms with E-state index in [1.807, 2.05) is 6.26 Å². The molecule has 1 aromatic carbocycles. The summed E-state index contributed by atoms with van der Waals surface area (Å²) >= 11 is 1.47. The lowest BCUT2D eigenvalue weighted by molar-refractivity contribution is 0.0688. The Balaban J connectivity index is 1.80. The van der Waals surface area contributed by atoms with Gasteiger partial charge < -0.3 is 10.0 Å². The summed E-state index contributed by atoms with van der Waals surface area (Å²) in [5.41, 5.74) is 1.02. The van der Waals surface area contributed by atoms with Crippen LogP contribution in [-0.4, -0.2) is 44.6 Å². The van der Waals surface area contributed by atoms with Crippen LogP contribution in [0.15, 0.2) is 41.4 Å². The fourth-order valence-electron chi connectivity index (χ4n) is 3.46. The van der Waals surface area contributed by atoms with Crippen LogP contribution >= 0.6 is 11.8 Å². The Morgan fingerprint density at radius 1 is 1.33 bits per heavy atom. The lowest BCUT2D eigenvalue weighted by Crippen LogP contribution is -2.26. The number of fused-ring (bicyclic) bond motifs is 1. The highest BCUT2D eigenvalue weighted by molar-refractivity contribution is 7.98. The molecule has 0 radical (unpaired) electrons. The molecule has 1 N–H and O–H groups in total. The summed E-state index contributed by atoms with van der Waals surface area (Å²) in [4.78, 5) is 18.0. The second-order valence-corrected chi connectivity index (χ2v) is 7.15. The lowest BCUT2D eigenvalue weighted by Gasteiger charge is -2.27. The molecule has 1 aliphatic rings. The van der Waals surface area contributed by atoms with E-state index in [9.17, 15) is 18.7 Å². The van der Waals surface area contributed by atoms with Crippen molar-refractivity contribution >= 4 is 29.2 Å². The lowest BCUT2D eigenvalue weighted by atomic mass is 10.0. The van der Waals surface area contributed by atoms with Gasteiger partial charge in [0, 0.05) is 11.3 Å². The minimum Gasteiger partial charge on any atom is -0.476 e. The van der Waals surface area contributed by atoms with Gasteiger partial charge in [-0.2, -0.15) is 0 Å². The quantitative estimate of drug-likeness (QED) is 0.687. The van der Waals surface area contributed by atoms with Crippen LogP contribution in [0.1, 0.15) is 28.5 Å². The third-order valence-corrected chi connectivity index (χ3v) is 5.47. The number of carboxylic acids is 1. The Morgan fingerprint density at radius 2 is 2.15 bits per heavy atom. The molecular formula is C18H16F2N4O2S. The first-order chi connectivity index (χ1) is 13.0. The van der Waals surface area contributed by atoms with Crippen LogP contribution in [0.5, 0.6) is 0 Å². The molecule has 140 valence electrons. The molecule has 1 aliphatic heterocycles. The summed E-state index contributed by atoms with van der Waals surface area (Å²) in [6.45, 7) is 0.102. The molecule has 3 heterocycles. The van der Waals surface area contributed by atoms with Crippen LogP contribution in [0.4, 0.5) is 14.6 Å². The van der Waals surface area contributed by atoms with E-state index in [2.05, 4.69) is 10.1 Å². The summed E-state index contributed by atoms with van der Waals surface area (Å²) in [5.74, 6) is -1.11. The van der Waals surface area contributed by atoms with Crippen molar-refractivity contribution in [1.82, 2.24) is 14.6 Å². The molecule has 1 fully saturated rings. The van der Waals surface area contributed by atoms with Crippen molar-refractivity contribution < 1.29 is 18.7 Å². The van der Waals surface area contributed by atoms with E-state index in [-0.39, 0.29) is 30.5 Å². The smallest absolute Gasteiger partial charge is 0.356 e. The van der Waals surface area contributed by atoms with Crippen molar-refractivity contribution in [2.45, 2.75) is 23.5 Å². The van der Waals surface area contributed by atoms with Crippen molar-refractivity contribution in [2.75, 3.05) is 17.7 Å². The van der Waals surface area contributed by atoms with Gasteiger partial charge in [0.1, 0.15) is 17.8 Å². The number of nitrogens with zero attached hydrogens (tertiary/aromatic N) is 4. The molecule has 1 saturated heterocycles. The normalized spacial score (nSPS) is 19.7. The highest BCUT2D eigenvalue weighted by atomic mass is 32.2. The molecule has 0 bridgehead atoms. The summed E-state index contributed by atoms with van der Waals surface area (Å²) in [7, 11) is 0. The number of carboxylic acid groups (broad SMARTS) is 1. The molecule has 0 aliphatic carbocycles. The van der Waals surface area contributed by atoms with E-state index in [1.54, 1.807) is 23.1 Å². The average molecular weight is 390 g/mol. The number of anilines is 1. The number of benzene rings is 1. The number of thioether (sulfide) groups is 1. The number of alkyl halides is 1. The van der Waals surface area contributed by atoms with E-state index < -0.39 is 12.1 Å². The Morgan fingerprint density at radius 3 is 2.89 bits per heavy atom. The zero-order valence-corrected chi connectivity index (χ0v) is 15.2. The van der Waals surface area contributed by atoms with Crippen molar-refractivity contribution in [3.05, 3.63) is 53.6 Å². The second kappa shape index (κ2) is 6.80. The topological polar surface area (TPSA) is 70.7 Å². The Labute approximate surface area is 157 Å². The summed E-state index contributed by atoms with van der Waals surface area (Å²) in [5, 5.41) is 13.6. The fraction of sp³-hybridized carbons (Fsp3) is 0.278. The van der Waals surface area contributed by atoms with E-state index in [0.29, 0.717) is 17.0 Å². The molecule has 6 nitrogen and oxygen atoms in total. The predicted octanol–water partition coefficient (Wildman–Crippen LogP) is 3.58. The van der Waals surface area contributed by atoms with Crippen molar-refractivity contribution in [3.63, 3.8) is 0 Å². The standard InChI is InChI=1S/C18H16F2N4O2S/c1-27-15-3-2-10(19)6-12(15)13-7-11(20)9-23(13)17-5-4-16-21-8-14(18(25)26)24(16)22-17/h2-6,8,11,13H,7,9H2,1H3,(H,25,26)/t11-,13+/m0/s1. The Kier molecular flexibility index (Phi) is 4.47. The molecule has 27 heavy (non-hydrogen) atoms. The zero-order valence-electron chi connectivity index (χ0n) is 14.3. The minimum atomic E-state index is -1.15. The van der Waals surface area contributed by atoms with Gasteiger partial charge >= 0.3 is 5.97 Å². The van der Waals surface area contributed by atoms with Crippen LogP contribution < -0.4 is 4.90 Å². The van der Waals surface area contributed by atoms with Crippen molar-refractivity contribution in [2.24, 2.45) is 0 Å². The second-order valence-electron chi connectivity index (χ2n) is 6.30. The summed E-state index contributed by atoms with van der Waals surface area (Å²) in [6.07, 6.45) is 2.24. The van der Waals surface area contributed by atoms with E-state index in [0.717, 1.165) is 4.90 Å². The predicted molar refractivity (Wildman–Crippen MR) is 97.7 cm³/mol. The van der Waals surface area contributed by atoms with Gasteiger partial charge in [-0.15, -0.1) is 16.9 Å². The number of aromatic nitrogens is 3. The van der Waals surface area contributed by atoms with Gasteiger partial charge in [-0.25, -0.2) is 23.1 Å². The molecule has 2 aromatic heterocycles. The summed E-state index contributed by atoms with van der Waals surface area (Å²) in [6, 6.07) is 7.43. The van der Waals surface area contributed by atoms with Crippen molar-refractivity contribution in [1.29, 1.82) is 0 Å². The molecule has 0 amide bonds. The van der Waals surface area contributed by atoms with Gasteiger partial charge in [-0.1, -0.05) is 0 Å². The number of rotatable bonds is 4. The maximum atomic E-state index is 14.3. The van der Waals surface area contributed by atoms with Crippen LogP contribution in [-0.2, 0) is 0 Å². The van der Waals surface area contributed by atoms with E-state index in [1.165, 1.54) is 34.6 Å². The number of imidazole rings is 1. The minimum absolute atomic E-state index is 0.0741. The van der Waals surface area contributed by atoms with E-state index >= 15 is 0 Å². The molecule has 2 atom stereocenters. The Hall–Kier alpha value is -2.68. The largest absolute Gasteiger partial charge is 0.476 e. The molecule has 3 aromatic rings. The SMILES string of the molecule is CSc1ccc(F)cc1[C@H]1C[C@H](F)CN1c1ccc2ncc(C(=O)O)n2n1. The third-order valence-electron chi connectivity index (χ3n) is 4.66. The zero-order chi connectivity index (χ0) is 19.1. The molecule has 4 rings (SSSR count). The molecule has 0 spiro atoms. The first-order valence-electron chi connectivity index (χ1n) is 8.30. The molecule has 9 heteroatoms. The van der Waals surface area contributed by atoms with Crippen LogP contribution in [0, 0.1) is 5.82 Å². The van der Waals surface area contributed by atoms with Crippen LogP contribution in [0.2, 0.25) is 0 Å². The summed E-state index contributed by atoms with van der Waals surface area (Å²) < 4.78 is 29.4. The maximum Gasteiger partial charge on any atom is 0.356 e. The van der Waals surface area contributed by atoms with Crippen LogP contribution in [0.25, 0.3) is 5.65 Å². The number of hydrogen-bond acceptors (Lipinski definition) is 5. The highest BCUT2D eigenvalue weighted by Crippen LogP contribution is 2.40. The number of aromatic carboxylic acids is 1. The molecule has 0 saturated carbocycles. The first-order valence-corrected chi connectivity index (χ1v) is 9.52. The van der Waals surface area contributed by atoms with Crippen molar-refractivity contribution in [3.8, 4) is 0 Å². The first kappa shape index (κ1) is 17.7. The number of carbonyl (C=O) groups is 1.